The molecule has 8 heteroatoms. The molecule has 2 aromatic rings. The molecule has 0 unspecified atom stereocenters. The van der Waals surface area contributed by atoms with Crippen LogP contribution in [-0.2, 0) is 6.18 Å². The number of alkyl halides is 3. The summed E-state index contributed by atoms with van der Waals surface area (Å²) >= 11 is 4.28. The van der Waals surface area contributed by atoms with Gasteiger partial charge in [-0.1, -0.05) is 0 Å². The zero-order valence-electron chi connectivity index (χ0n) is 10.1. The van der Waals surface area contributed by atoms with E-state index in [4.69, 9.17) is 0 Å². The number of nitrogens with one attached hydrogen (secondary N) is 1. The third kappa shape index (κ3) is 3.37. The van der Waals surface area contributed by atoms with E-state index >= 15 is 0 Å². The molecule has 0 aliphatic heterocycles. The summed E-state index contributed by atoms with van der Waals surface area (Å²) in [6.07, 6.45) is -4.49. The second kappa shape index (κ2) is 5.53. The summed E-state index contributed by atoms with van der Waals surface area (Å²) < 4.78 is 38.2. The topological polar surface area (TPSA) is 42.0 Å². The number of nitrogens with zero attached hydrogens (tertiary/aromatic N) is 1. The maximum Gasteiger partial charge on any atom is 0.416 e. The second-order valence-corrected chi connectivity index (χ2v) is 5.65. The van der Waals surface area contributed by atoms with E-state index in [1.54, 1.807) is 12.3 Å². The first-order valence-electron chi connectivity index (χ1n) is 5.37. The van der Waals surface area contributed by atoms with Crippen molar-refractivity contribution in [1.29, 1.82) is 0 Å². The minimum absolute atomic E-state index is 0.0901. The van der Waals surface area contributed by atoms with Gasteiger partial charge in [0.05, 0.1) is 16.8 Å². The van der Waals surface area contributed by atoms with Crippen LogP contribution in [-0.4, -0.2) is 10.9 Å². The van der Waals surface area contributed by atoms with Gasteiger partial charge in [0.15, 0.2) is 5.13 Å². The molecule has 1 amide bonds. The fraction of sp³-hybridized carbons (Fsp3) is 0.167. The predicted molar refractivity (Wildman–Crippen MR) is 73.9 cm³/mol. The van der Waals surface area contributed by atoms with Crippen molar-refractivity contribution in [2.75, 3.05) is 5.32 Å². The zero-order chi connectivity index (χ0) is 14.9. The molecule has 1 heterocycles. The predicted octanol–water partition coefficient (Wildman–Crippen LogP) is 4.49. The van der Waals surface area contributed by atoms with E-state index in [-0.39, 0.29) is 10.0 Å². The van der Waals surface area contributed by atoms with Gasteiger partial charge in [0.2, 0.25) is 0 Å². The number of hydrogen-bond donors (Lipinski definition) is 1. The number of aryl methyl sites for hydroxylation is 1. The van der Waals surface area contributed by atoms with Crippen molar-refractivity contribution in [2.24, 2.45) is 0 Å². The molecule has 0 saturated heterocycles. The van der Waals surface area contributed by atoms with Gasteiger partial charge >= 0.3 is 6.18 Å². The van der Waals surface area contributed by atoms with Gasteiger partial charge in [0.1, 0.15) is 0 Å². The van der Waals surface area contributed by atoms with Gasteiger partial charge < -0.3 is 0 Å². The quantitative estimate of drug-likeness (QED) is 0.853. The molecule has 1 aromatic carbocycles. The lowest BCUT2D eigenvalue weighted by molar-refractivity contribution is -0.137. The van der Waals surface area contributed by atoms with E-state index in [0.717, 1.165) is 17.8 Å². The van der Waals surface area contributed by atoms with E-state index in [9.17, 15) is 18.0 Å². The lowest BCUT2D eigenvalue weighted by Crippen LogP contribution is -2.14. The van der Waals surface area contributed by atoms with Crippen molar-refractivity contribution in [2.45, 2.75) is 13.1 Å². The van der Waals surface area contributed by atoms with Gasteiger partial charge in [0.25, 0.3) is 5.91 Å². The number of carbonyl (C=O) groups is 1. The van der Waals surface area contributed by atoms with E-state index in [2.05, 4.69) is 26.2 Å². The summed E-state index contributed by atoms with van der Waals surface area (Å²) in [5, 5.41) is 4.55. The molecule has 2 rings (SSSR count). The highest BCUT2D eigenvalue weighted by Crippen LogP contribution is 2.32. The molecule has 0 atom stereocenters. The summed E-state index contributed by atoms with van der Waals surface area (Å²) in [5.74, 6) is -0.641. The number of amides is 1. The highest BCUT2D eigenvalue weighted by Gasteiger charge is 2.31. The van der Waals surface area contributed by atoms with Gasteiger partial charge in [-0.2, -0.15) is 13.2 Å². The Morgan fingerprint density at radius 2 is 2.10 bits per heavy atom. The number of carbonyl (C=O) groups excluding carboxylic acids is 1. The van der Waals surface area contributed by atoms with Crippen LogP contribution in [0.25, 0.3) is 0 Å². The average molecular weight is 365 g/mol. The highest BCUT2D eigenvalue weighted by atomic mass is 79.9. The van der Waals surface area contributed by atoms with Gasteiger partial charge in [-0.15, -0.1) is 11.3 Å². The molecule has 0 bridgehead atoms. The number of rotatable bonds is 2. The SMILES string of the molecule is Cc1csc(NC(=O)c2cc(C(F)(F)F)ccc2Br)n1. The van der Waals surface area contributed by atoms with Crippen LogP contribution in [0, 0.1) is 6.92 Å². The number of aromatic nitrogens is 1. The molecular formula is C12H8BrF3N2OS. The number of halogens is 4. The number of hydrogen-bond acceptors (Lipinski definition) is 3. The van der Waals surface area contributed by atoms with E-state index in [0.29, 0.717) is 5.13 Å². The maximum absolute atomic E-state index is 12.6. The van der Waals surface area contributed by atoms with Gasteiger partial charge in [-0.25, -0.2) is 4.98 Å². The zero-order valence-corrected chi connectivity index (χ0v) is 12.5. The van der Waals surface area contributed by atoms with Gasteiger partial charge in [-0.05, 0) is 41.1 Å². The Kier molecular flexibility index (Phi) is 4.14. The minimum Gasteiger partial charge on any atom is -0.298 e. The van der Waals surface area contributed by atoms with Crippen molar-refractivity contribution in [3.8, 4) is 0 Å². The molecule has 20 heavy (non-hydrogen) atoms. The van der Waals surface area contributed by atoms with E-state index in [1.165, 1.54) is 17.4 Å². The molecule has 0 fully saturated rings. The van der Waals surface area contributed by atoms with Crippen LogP contribution in [0.2, 0.25) is 0 Å². The largest absolute Gasteiger partial charge is 0.416 e. The molecule has 0 spiro atoms. The molecule has 1 N–H and O–H groups in total. The van der Waals surface area contributed by atoms with Crippen molar-refractivity contribution < 1.29 is 18.0 Å². The normalized spacial score (nSPS) is 11.4. The molecule has 0 radical (unpaired) electrons. The molecule has 106 valence electrons. The Morgan fingerprint density at radius 3 is 2.65 bits per heavy atom. The van der Waals surface area contributed by atoms with Crippen LogP contribution in [0.1, 0.15) is 21.6 Å². The summed E-state index contributed by atoms with van der Waals surface area (Å²) in [7, 11) is 0. The highest BCUT2D eigenvalue weighted by molar-refractivity contribution is 9.10. The third-order valence-corrected chi connectivity index (χ3v) is 3.94. The Morgan fingerprint density at radius 1 is 1.40 bits per heavy atom. The molecular weight excluding hydrogens is 357 g/mol. The Balaban J connectivity index is 2.29. The van der Waals surface area contributed by atoms with Gasteiger partial charge in [0, 0.05) is 9.85 Å². The summed E-state index contributed by atoms with van der Waals surface area (Å²) in [6.45, 7) is 1.76. The van der Waals surface area contributed by atoms with Crippen LogP contribution in [0.4, 0.5) is 18.3 Å². The van der Waals surface area contributed by atoms with Crippen LogP contribution < -0.4 is 5.32 Å². The Bertz CT molecular complexity index is 654. The lowest BCUT2D eigenvalue weighted by atomic mass is 10.1. The summed E-state index contributed by atoms with van der Waals surface area (Å²) in [5.41, 5.74) is -0.234. The molecule has 0 aliphatic carbocycles. The first-order chi connectivity index (χ1) is 9.27. The maximum atomic E-state index is 12.6. The first-order valence-corrected chi connectivity index (χ1v) is 7.05. The van der Waals surface area contributed by atoms with Crippen molar-refractivity contribution >= 4 is 38.3 Å². The molecule has 3 nitrogen and oxygen atoms in total. The minimum atomic E-state index is -4.49. The Hall–Kier alpha value is -1.41. The van der Waals surface area contributed by atoms with Crippen molar-refractivity contribution in [3.63, 3.8) is 0 Å². The van der Waals surface area contributed by atoms with E-state index < -0.39 is 17.6 Å². The fourth-order valence-electron chi connectivity index (χ4n) is 1.45. The molecule has 0 aliphatic rings. The lowest BCUT2D eigenvalue weighted by Gasteiger charge is -2.10. The smallest absolute Gasteiger partial charge is 0.298 e. The molecule has 0 saturated carbocycles. The molecule has 1 aromatic heterocycles. The van der Waals surface area contributed by atoms with Gasteiger partial charge in [-0.3, -0.25) is 10.1 Å². The fourth-order valence-corrected chi connectivity index (χ4v) is 2.56. The standard InChI is InChI=1S/C12H8BrF3N2OS/c1-6-5-20-11(17-6)18-10(19)8-4-7(12(14,15)16)2-3-9(8)13/h2-5H,1H3,(H,17,18,19). The number of benzene rings is 1. The van der Waals surface area contributed by atoms with Crippen molar-refractivity contribution in [1.82, 2.24) is 4.98 Å². The van der Waals surface area contributed by atoms with Crippen LogP contribution in [0.15, 0.2) is 28.1 Å². The van der Waals surface area contributed by atoms with Crippen LogP contribution >= 0.6 is 27.3 Å². The number of thiazole rings is 1. The monoisotopic (exact) mass is 364 g/mol. The van der Waals surface area contributed by atoms with Crippen molar-refractivity contribution in [3.05, 3.63) is 44.9 Å². The van der Waals surface area contributed by atoms with Crippen LogP contribution in [0.5, 0.6) is 0 Å². The first kappa shape index (κ1) is 15.0. The average Bonchev–Trinajstić information content (AvgIpc) is 2.73. The van der Waals surface area contributed by atoms with Crippen LogP contribution in [0.3, 0.4) is 0 Å². The summed E-state index contributed by atoms with van der Waals surface area (Å²) in [4.78, 5) is 16.0. The summed E-state index contributed by atoms with van der Waals surface area (Å²) in [6, 6.07) is 2.92. The number of anilines is 1. The van der Waals surface area contributed by atoms with E-state index in [1.807, 2.05) is 0 Å². The second-order valence-electron chi connectivity index (χ2n) is 3.94. The third-order valence-electron chi connectivity index (χ3n) is 2.38. The Labute approximate surface area is 125 Å².